The number of nitrogens with zero attached hydrogens (tertiary/aromatic N) is 1. The van der Waals surface area contributed by atoms with E-state index in [2.05, 4.69) is 5.10 Å². The minimum atomic E-state index is -4.08. The van der Waals surface area contributed by atoms with E-state index in [9.17, 15) is 13.2 Å². The van der Waals surface area contributed by atoms with Crippen LogP contribution in [0.3, 0.4) is 0 Å². The maximum Gasteiger partial charge on any atom is 0.339 e. The first-order valence-electron chi connectivity index (χ1n) is 7.10. The summed E-state index contributed by atoms with van der Waals surface area (Å²) in [6, 6.07) is 10.1. The lowest BCUT2D eigenvalue weighted by Crippen LogP contribution is -2.24. The molecule has 0 fully saturated rings. The van der Waals surface area contributed by atoms with Crippen LogP contribution in [0.25, 0.3) is 0 Å². The largest absolute Gasteiger partial charge is 0.493 e. The fraction of sp³-hybridized carbons (Fsp3) is 0.125. The normalized spacial score (nSPS) is 11.3. The number of aryl methyl sites for hydroxylation is 1. The van der Waals surface area contributed by atoms with Crippen molar-refractivity contribution in [3.8, 4) is 11.5 Å². The molecule has 0 bridgehead atoms. The molecule has 0 aliphatic heterocycles. The predicted molar refractivity (Wildman–Crippen MR) is 92.3 cm³/mol. The summed E-state index contributed by atoms with van der Waals surface area (Å²) >= 11 is 0. The zero-order chi connectivity index (χ0) is 18.4. The van der Waals surface area contributed by atoms with E-state index in [1.165, 1.54) is 25.5 Å². The van der Waals surface area contributed by atoms with Crippen LogP contribution in [0.5, 0.6) is 11.5 Å². The van der Waals surface area contributed by atoms with Crippen LogP contribution >= 0.6 is 0 Å². The third-order valence-electron chi connectivity index (χ3n) is 3.11. The number of rotatable bonds is 6. The molecule has 0 atom stereocenters. The molecule has 0 aromatic heterocycles. The van der Waals surface area contributed by atoms with Crippen molar-refractivity contribution in [3.05, 3.63) is 53.6 Å². The van der Waals surface area contributed by atoms with Gasteiger partial charge in [0.05, 0.1) is 13.3 Å². The Hall–Kier alpha value is -3.07. The number of para-hydroxylation sites is 1. The van der Waals surface area contributed by atoms with Crippen molar-refractivity contribution in [2.24, 2.45) is 10.8 Å². The highest BCUT2D eigenvalue weighted by molar-refractivity contribution is 7.87. The summed E-state index contributed by atoms with van der Waals surface area (Å²) in [5.74, 6) is 0.138. The summed E-state index contributed by atoms with van der Waals surface area (Å²) < 4.78 is 35.4. The Kier molecular flexibility index (Phi) is 5.60. The topological polar surface area (TPSA) is 120 Å². The summed E-state index contributed by atoms with van der Waals surface area (Å²) in [6.07, 6.45) is 1.20. The molecule has 3 N–H and O–H groups in total. The van der Waals surface area contributed by atoms with Gasteiger partial charge in [-0.1, -0.05) is 23.8 Å². The molecule has 132 valence electrons. The third kappa shape index (κ3) is 4.70. The highest BCUT2D eigenvalue weighted by atomic mass is 32.2. The minimum absolute atomic E-state index is 0.00200. The van der Waals surface area contributed by atoms with Crippen LogP contribution in [0.15, 0.2) is 52.5 Å². The van der Waals surface area contributed by atoms with Gasteiger partial charge >= 0.3 is 16.1 Å². The number of methoxy groups -OCH3 is 1. The Bertz CT molecular complexity index is 892. The molecule has 0 aliphatic carbocycles. The minimum Gasteiger partial charge on any atom is -0.493 e. The predicted octanol–water partition coefficient (Wildman–Crippen LogP) is 1.77. The van der Waals surface area contributed by atoms with Gasteiger partial charge in [0.15, 0.2) is 11.5 Å². The van der Waals surface area contributed by atoms with Gasteiger partial charge in [0.1, 0.15) is 4.90 Å². The number of hydrogen-bond acceptors (Lipinski definition) is 6. The van der Waals surface area contributed by atoms with Crippen LogP contribution in [0.4, 0.5) is 4.79 Å². The zero-order valence-corrected chi connectivity index (χ0v) is 14.4. The number of nitrogens with two attached hydrogens (primary N) is 1. The average Bonchev–Trinajstić information content (AvgIpc) is 2.56. The van der Waals surface area contributed by atoms with Crippen molar-refractivity contribution >= 4 is 22.4 Å². The highest BCUT2D eigenvalue weighted by Gasteiger charge is 2.21. The van der Waals surface area contributed by atoms with Crippen molar-refractivity contribution in [1.29, 1.82) is 0 Å². The van der Waals surface area contributed by atoms with Crippen LogP contribution in [0.1, 0.15) is 11.1 Å². The van der Waals surface area contributed by atoms with E-state index >= 15 is 0 Å². The van der Waals surface area contributed by atoms with E-state index in [4.69, 9.17) is 14.7 Å². The van der Waals surface area contributed by atoms with Crippen molar-refractivity contribution in [1.82, 2.24) is 5.43 Å². The lowest BCUT2D eigenvalue weighted by Gasteiger charge is -2.13. The number of hydrogen-bond donors (Lipinski definition) is 2. The quantitative estimate of drug-likeness (QED) is 0.460. The maximum absolute atomic E-state index is 12.5. The van der Waals surface area contributed by atoms with Gasteiger partial charge < -0.3 is 14.7 Å². The molecule has 8 nitrogen and oxygen atoms in total. The SMILES string of the molecule is COc1cccc(C=NNC(N)=O)c1OS(=O)(=O)c1ccc(C)cc1. The fourth-order valence-corrected chi connectivity index (χ4v) is 2.88. The van der Waals surface area contributed by atoms with Gasteiger partial charge in [-0.15, -0.1) is 0 Å². The molecule has 2 amide bonds. The molecule has 0 saturated heterocycles. The Balaban J connectivity index is 2.41. The number of primary amides is 1. The highest BCUT2D eigenvalue weighted by Crippen LogP contribution is 2.32. The molecule has 0 aliphatic rings. The van der Waals surface area contributed by atoms with Gasteiger partial charge in [-0.25, -0.2) is 10.2 Å². The second-order valence-electron chi connectivity index (χ2n) is 4.96. The standard InChI is InChI=1S/C16H17N3O5S/c1-11-6-8-13(9-7-11)25(21,22)24-15-12(10-18-19-16(17)20)4-3-5-14(15)23-2/h3-10H,1-2H3,(H3,17,19,20). The molecule has 0 unspecified atom stereocenters. The number of carbonyl (C=O) groups is 1. The van der Waals surface area contributed by atoms with Gasteiger partial charge in [-0.2, -0.15) is 13.5 Å². The van der Waals surface area contributed by atoms with Gasteiger partial charge in [-0.3, -0.25) is 0 Å². The lowest BCUT2D eigenvalue weighted by molar-refractivity contribution is 0.249. The van der Waals surface area contributed by atoms with Crippen molar-refractivity contribution in [2.45, 2.75) is 11.8 Å². The van der Waals surface area contributed by atoms with Crippen LogP contribution < -0.4 is 20.1 Å². The molecule has 0 radical (unpaired) electrons. The number of carbonyl (C=O) groups excluding carboxylic acids is 1. The average molecular weight is 363 g/mol. The zero-order valence-electron chi connectivity index (χ0n) is 13.6. The first-order valence-corrected chi connectivity index (χ1v) is 8.51. The fourth-order valence-electron chi connectivity index (χ4n) is 1.91. The van der Waals surface area contributed by atoms with Gasteiger partial charge in [0.25, 0.3) is 0 Å². The number of urea groups is 1. The van der Waals surface area contributed by atoms with E-state index in [-0.39, 0.29) is 22.0 Å². The molecule has 0 saturated carbocycles. The van der Waals surface area contributed by atoms with Crippen LogP contribution in [0.2, 0.25) is 0 Å². The number of amides is 2. The molecule has 2 rings (SSSR count). The Morgan fingerprint density at radius 2 is 1.88 bits per heavy atom. The first kappa shape index (κ1) is 18.3. The van der Waals surface area contributed by atoms with E-state index < -0.39 is 16.1 Å². The van der Waals surface area contributed by atoms with E-state index in [0.717, 1.165) is 5.56 Å². The van der Waals surface area contributed by atoms with Crippen LogP contribution in [-0.2, 0) is 10.1 Å². The lowest BCUT2D eigenvalue weighted by atomic mass is 10.2. The van der Waals surface area contributed by atoms with E-state index in [0.29, 0.717) is 0 Å². The second kappa shape index (κ2) is 7.67. The van der Waals surface area contributed by atoms with Crippen LogP contribution in [0, 0.1) is 6.92 Å². The number of nitrogens with one attached hydrogen (secondary N) is 1. The molecule has 25 heavy (non-hydrogen) atoms. The summed E-state index contributed by atoms with van der Waals surface area (Å²) in [4.78, 5) is 10.7. The van der Waals surface area contributed by atoms with Crippen LogP contribution in [-0.4, -0.2) is 27.8 Å². The molecular formula is C16H17N3O5S. The summed E-state index contributed by atoms with van der Waals surface area (Å²) in [7, 11) is -2.70. The molecule has 0 spiro atoms. The number of hydrazone groups is 1. The van der Waals surface area contributed by atoms with Gasteiger partial charge in [-0.05, 0) is 31.2 Å². The van der Waals surface area contributed by atoms with Crippen molar-refractivity contribution < 1.29 is 22.1 Å². The first-order chi connectivity index (χ1) is 11.8. The molecule has 2 aromatic carbocycles. The molecule has 2 aromatic rings. The van der Waals surface area contributed by atoms with E-state index in [1.54, 1.807) is 30.3 Å². The Labute approximate surface area is 145 Å². The Morgan fingerprint density at radius 1 is 1.20 bits per heavy atom. The number of benzene rings is 2. The summed E-state index contributed by atoms with van der Waals surface area (Å²) in [6.45, 7) is 1.85. The maximum atomic E-state index is 12.5. The van der Waals surface area contributed by atoms with Crippen molar-refractivity contribution in [2.75, 3.05) is 7.11 Å². The number of ether oxygens (including phenoxy) is 1. The Morgan fingerprint density at radius 3 is 2.48 bits per heavy atom. The molecule has 9 heteroatoms. The van der Waals surface area contributed by atoms with Gasteiger partial charge in [0, 0.05) is 5.56 Å². The molecular weight excluding hydrogens is 346 g/mol. The smallest absolute Gasteiger partial charge is 0.339 e. The second-order valence-corrected chi connectivity index (χ2v) is 6.51. The third-order valence-corrected chi connectivity index (χ3v) is 4.35. The summed E-state index contributed by atoms with van der Waals surface area (Å²) in [5, 5.41) is 3.61. The summed E-state index contributed by atoms with van der Waals surface area (Å²) in [5.41, 5.74) is 8.15. The van der Waals surface area contributed by atoms with Gasteiger partial charge in [0.2, 0.25) is 0 Å². The van der Waals surface area contributed by atoms with E-state index in [1.807, 2.05) is 12.3 Å². The molecule has 0 heterocycles. The monoisotopic (exact) mass is 363 g/mol. The van der Waals surface area contributed by atoms with Crippen molar-refractivity contribution in [3.63, 3.8) is 0 Å².